The van der Waals surface area contributed by atoms with Crippen molar-refractivity contribution in [2.75, 3.05) is 0 Å². The summed E-state index contributed by atoms with van der Waals surface area (Å²) in [5.41, 5.74) is 1.03. The lowest BCUT2D eigenvalue weighted by Gasteiger charge is -2.27. The van der Waals surface area contributed by atoms with Crippen molar-refractivity contribution in [1.82, 2.24) is 0 Å². The van der Waals surface area contributed by atoms with Crippen molar-refractivity contribution in [2.45, 2.75) is 18.9 Å². The van der Waals surface area contributed by atoms with E-state index in [9.17, 15) is 30.3 Å². The van der Waals surface area contributed by atoms with E-state index < -0.39 is 6.10 Å². The van der Waals surface area contributed by atoms with E-state index >= 15 is 0 Å². The summed E-state index contributed by atoms with van der Waals surface area (Å²) in [5, 5.41) is 50.2. The predicted octanol–water partition coefficient (Wildman–Crippen LogP) is 3.51. The highest BCUT2D eigenvalue weighted by Gasteiger charge is 2.33. The van der Waals surface area contributed by atoms with Gasteiger partial charge in [0.1, 0.15) is 34.7 Å². The van der Waals surface area contributed by atoms with E-state index in [4.69, 9.17) is 4.74 Å². The molecule has 0 amide bonds. The number of carbonyl (C=O) groups excluding carboxylic acids is 1. The number of ether oxygens (including phenoxy) is 1. The summed E-state index contributed by atoms with van der Waals surface area (Å²) < 4.78 is 5.79. The maximum Gasteiger partial charge on any atom is 0.174 e. The lowest BCUT2D eigenvalue weighted by Crippen LogP contribution is -2.21. The molecule has 1 aliphatic rings. The Balaban J connectivity index is 1.71. The van der Waals surface area contributed by atoms with Gasteiger partial charge >= 0.3 is 0 Å². The van der Waals surface area contributed by atoms with Crippen molar-refractivity contribution in [2.24, 2.45) is 0 Å². The first kappa shape index (κ1) is 18.5. The topological polar surface area (TPSA) is 127 Å². The van der Waals surface area contributed by atoms with Crippen molar-refractivity contribution in [3.8, 4) is 34.5 Å². The molecule has 0 bridgehead atoms. The van der Waals surface area contributed by atoms with Crippen LogP contribution in [-0.2, 0) is 6.42 Å². The monoisotopic (exact) mass is 394 g/mol. The fourth-order valence-electron chi connectivity index (χ4n) is 3.45. The van der Waals surface area contributed by atoms with Gasteiger partial charge < -0.3 is 30.3 Å². The van der Waals surface area contributed by atoms with Gasteiger partial charge in [-0.3, -0.25) is 4.79 Å². The summed E-state index contributed by atoms with van der Waals surface area (Å²) in [6, 6.07) is 11.9. The van der Waals surface area contributed by atoms with Crippen LogP contribution in [0.5, 0.6) is 34.5 Å². The Morgan fingerprint density at radius 3 is 2.34 bits per heavy atom. The standard InChI is InChI=1S/C22H18O7/c23-14-4-2-1-3-11(14)7-13-16(25)9-20-21(22(13)28)18(27)10-19(29-20)12-5-6-15(24)17(26)8-12/h1-6,8-9,19,23-26,28H,7,10H2. The van der Waals surface area contributed by atoms with Crippen LogP contribution in [0.2, 0.25) is 0 Å². The molecular formula is C22H18O7. The van der Waals surface area contributed by atoms with Gasteiger partial charge in [0.2, 0.25) is 0 Å². The number of benzene rings is 3. The molecule has 0 radical (unpaired) electrons. The van der Waals surface area contributed by atoms with Gasteiger partial charge in [0, 0.05) is 18.1 Å². The van der Waals surface area contributed by atoms with Crippen LogP contribution in [-0.4, -0.2) is 31.3 Å². The molecule has 4 rings (SSSR count). The number of phenols is 5. The van der Waals surface area contributed by atoms with Crippen LogP contribution in [0.4, 0.5) is 0 Å². The molecule has 1 aliphatic heterocycles. The largest absolute Gasteiger partial charge is 0.508 e. The molecule has 1 heterocycles. The first-order chi connectivity index (χ1) is 13.8. The van der Waals surface area contributed by atoms with Crippen molar-refractivity contribution in [3.63, 3.8) is 0 Å². The van der Waals surface area contributed by atoms with E-state index in [-0.39, 0.29) is 64.2 Å². The molecular weight excluding hydrogens is 376 g/mol. The Labute approximate surface area is 165 Å². The molecule has 5 N–H and O–H groups in total. The highest BCUT2D eigenvalue weighted by atomic mass is 16.5. The maximum absolute atomic E-state index is 12.7. The smallest absolute Gasteiger partial charge is 0.174 e. The van der Waals surface area contributed by atoms with Crippen LogP contribution in [0.15, 0.2) is 48.5 Å². The van der Waals surface area contributed by atoms with Crippen molar-refractivity contribution in [1.29, 1.82) is 0 Å². The molecule has 0 saturated heterocycles. The molecule has 148 valence electrons. The van der Waals surface area contributed by atoms with Crippen LogP contribution in [0.1, 0.15) is 39.6 Å². The van der Waals surface area contributed by atoms with Crippen LogP contribution in [0.25, 0.3) is 0 Å². The van der Waals surface area contributed by atoms with E-state index in [1.165, 1.54) is 30.3 Å². The Kier molecular flexibility index (Phi) is 4.43. The quantitative estimate of drug-likeness (QED) is 0.430. The van der Waals surface area contributed by atoms with Gasteiger partial charge in [-0.2, -0.15) is 0 Å². The van der Waals surface area contributed by atoms with Gasteiger partial charge in [-0.1, -0.05) is 24.3 Å². The predicted molar refractivity (Wildman–Crippen MR) is 103 cm³/mol. The summed E-state index contributed by atoms with van der Waals surface area (Å²) in [6.07, 6.45) is -0.810. The van der Waals surface area contributed by atoms with Gasteiger partial charge in [0.05, 0.1) is 6.42 Å². The number of hydrogen-bond acceptors (Lipinski definition) is 7. The van der Waals surface area contributed by atoms with Crippen molar-refractivity contribution < 1.29 is 35.1 Å². The number of fused-ring (bicyclic) bond motifs is 1. The van der Waals surface area contributed by atoms with E-state index in [0.29, 0.717) is 11.1 Å². The molecule has 3 aromatic carbocycles. The second kappa shape index (κ2) is 6.94. The molecule has 29 heavy (non-hydrogen) atoms. The normalized spacial score (nSPS) is 15.6. The van der Waals surface area contributed by atoms with E-state index in [1.54, 1.807) is 18.2 Å². The van der Waals surface area contributed by atoms with Crippen LogP contribution >= 0.6 is 0 Å². The number of Topliss-reactive ketones (excluding diaryl/α,β-unsaturated/α-hetero) is 1. The molecule has 0 aromatic heterocycles. The Hall–Kier alpha value is -3.87. The fraction of sp³-hybridized carbons (Fsp3) is 0.136. The number of hydrogen-bond donors (Lipinski definition) is 5. The zero-order chi connectivity index (χ0) is 20.7. The van der Waals surface area contributed by atoms with E-state index in [1.807, 2.05) is 0 Å². The zero-order valence-corrected chi connectivity index (χ0v) is 15.2. The minimum absolute atomic E-state index is 0.0128. The number of phenolic OH excluding ortho intramolecular Hbond substituents is 5. The van der Waals surface area contributed by atoms with Gasteiger partial charge in [0.15, 0.2) is 17.3 Å². The number of ketones is 1. The third-order valence-corrected chi connectivity index (χ3v) is 5.00. The first-order valence-corrected chi connectivity index (χ1v) is 8.91. The molecule has 0 aliphatic carbocycles. The average molecular weight is 394 g/mol. The lowest BCUT2D eigenvalue weighted by atomic mass is 9.91. The second-order valence-corrected chi connectivity index (χ2v) is 6.88. The molecule has 0 saturated carbocycles. The minimum atomic E-state index is -0.746. The highest BCUT2D eigenvalue weighted by Crippen LogP contribution is 2.46. The highest BCUT2D eigenvalue weighted by molar-refractivity contribution is 6.03. The third kappa shape index (κ3) is 3.27. The number of para-hydroxylation sites is 1. The van der Waals surface area contributed by atoms with Gasteiger partial charge in [-0.15, -0.1) is 0 Å². The molecule has 1 unspecified atom stereocenters. The maximum atomic E-state index is 12.7. The summed E-state index contributed by atoms with van der Waals surface area (Å²) in [6.45, 7) is 0. The lowest BCUT2D eigenvalue weighted by molar-refractivity contribution is 0.0844. The second-order valence-electron chi connectivity index (χ2n) is 6.88. The Morgan fingerprint density at radius 2 is 1.62 bits per heavy atom. The first-order valence-electron chi connectivity index (χ1n) is 8.91. The minimum Gasteiger partial charge on any atom is -0.508 e. The number of aromatic hydroxyl groups is 5. The molecule has 0 fully saturated rings. The van der Waals surface area contributed by atoms with Crippen molar-refractivity contribution >= 4 is 5.78 Å². The van der Waals surface area contributed by atoms with Crippen molar-refractivity contribution in [3.05, 3.63) is 70.8 Å². The summed E-state index contributed by atoms with van der Waals surface area (Å²) in [5.74, 6) is -1.64. The molecule has 1 atom stereocenters. The van der Waals surface area contributed by atoms with E-state index in [0.717, 1.165) is 0 Å². The zero-order valence-electron chi connectivity index (χ0n) is 15.2. The van der Waals surface area contributed by atoms with Gasteiger partial charge in [0.25, 0.3) is 0 Å². The molecule has 7 heteroatoms. The molecule has 0 spiro atoms. The number of rotatable bonds is 3. The van der Waals surface area contributed by atoms with E-state index in [2.05, 4.69) is 0 Å². The molecule has 7 nitrogen and oxygen atoms in total. The number of carbonyl (C=O) groups is 1. The van der Waals surface area contributed by atoms with Gasteiger partial charge in [-0.05, 0) is 29.3 Å². The van der Waals surface area contributed by atoms with Crippen LogP contribution in [0.3, 0.4) is 0 Å². The summed E-state index contributed by atoms with van der Waals surface area (Å²) >= 11 is 0. The Morgan fingerprint density at radius 1 is 0.862 bits per heavy atom. The van der Waals surface area contributed by atoms with Crippen LogP contribution in [0, 0.1) is 0 Å². The Bertz CT molecular complexity index is 1120. The van der Waals surface area contributed by atoms with Gasteiger partial charge in [-0.25, -0.2) is 0 Å². The average Bonchev–Trinajstić information content (AvgIpc) is 2.68. The SMILES string of the molecule is O=C1CC(c2ccc(O)c(O)c2)Oc2cc(O)c(Cc3ccccc3O)c(O)c21. The summed E-state index contributed by atoms with van der Waals surface area (Å²) in [7, 11) is 0. The molecule has 3 aromatic rings. The fourth-order valence-corrected chi connectivity index (χ4v) is 3.45. The summed E-state index contributed by atoms with van der Waals surface area (Å²) in [4.78, 5) is 12.7. The third-order valence-electron chi connectivity index (χ3n) is 5.00. The van der Waals surface area contributed by atoms with Crippen LogP contribution < -0.4 is 4.74 Å².